The number of alkyl halides is 3. The number of aryl methyl sites for hydroxylation is 1. The van der Waals surface area contributed by atoms with Gasteiger partial charge in [0.05, 0.1) is 34.1 Å². The normalized spacial score (nSPS) is 22.4. The van der Waals surface area contributed by atoms with Crippen molar-refractivity contribution in [3.05, 3.63) is 106 Å². The van der Waals surface area contributed by atoms with E-state index >= 15 is 0 Å². The van der Waals surface area contributed by atoms with Gasteiger partial charge in [0.25, 0.3) is 0 Å². The predicted octanol–water partition coefficient (Wildman–Crippen LogP) is 8.82. The van der Waals surface area contributed by atoms with E-state index in [1.54, 1.807) is 12.3 Å². The molecule has 2 fully saturated rings. The molecule has 2 saturated heterocycles. The summed E-state index contributed by atoms with van der Waals surface area (Å²) in [6.45, 7) is 10.3. The van der Waals surface area contributed by atoms with E-state index in [4.69, 9.17) is 23.8 Å². The summed E-state index contributed by atoms with van der Waals surface area (Å²) >= 11 is 12.9. The van der Waals surface area contributed by atoms with E-state index in [0.29, 0.717) is 27.7 Å². The minimum Gasteiger partial charge on any atom is -0.370 e. The number of benzene rings is 2. The zero-order valence-electron chi connectivity index (χ0n) is 25.1. The van der Waals surface area contributed by atoms with Crippen LogP contribution in [0.3, 0.4) is 0 Å². The summed E-state index contributed by atoms with van der Waals surface area (Å²) in [6.07, 6.45) is -1.49. The lowest BCUT2D eigenvalue weighted by Gasteiger charge is -2.37. The van der Waals surface area contributed by atoms with Crippen LogP contribution >= 0.6 is 23.8 Å². The second-order valence-corrected chi connectivity index (χ2v) is 13.0. The zero-order valence-corrected chi connectivity index (χ0v) is 26.6. The Bertz CT molecular complexity index is 1680. The van der Waals surface area contributed by atoms with Gasteiger partial charge in [-0.1, -0.05) is 37.6 Å². The highest BCUT2D eigenvalue weighted by Gasteiger charge is 2.42. The van der Waals surface area contributed by atoms with Gasteiger partial charge in [-0.2, -0.15) is 13.2 Å². The van der Waals surface area contributed by atoms with Gasteiger partial charge in [-0.05, 0) is 104 Å². The largest absolute Gasteiger partial charge is 0.416 e. The molecule has 10 heteroatoms. The Labute approximate surface area is 266 Å². The first kappa shape index (κ1) is 30.5. The third kappa shape index (κ3) is 5.68. The molecule has 2 aliphatic rings. The predicted molar refractivity (Wildman–Crippen MR) is 175 cm³/mol. The van der Waals surface area contributed by atoms with Crippen LogP contribution in [0.4, 0.5) is 24.5 Å². The molecule has 1 N–H and O–H groups in total. The van der Waals surface area contributed by atoms with Crippen molar-refractivity contribution in [2.75, 3.05) is 22.9 Å². The number of piperidine rings is 1. The molecule has 0 spiro atoms. The Morgan fingerprint density at radius 2 is 1.68 bits per heavy atom. The monoisotopic (exact) mass is 637 g/mol. The fourth-order valence-corrected chi connectivity index (χ4v) is 7.66. The second kappa shape index (κ2) is 11.7. The molecule has 2 aliphatic heterocycles. The number of thiocarbonyl (C=S) groups is 1. The molecule has 2 aromatic carbocycles. The summed E-state index contributed by atoms with van der Waals surface area (Å²) in [5.41, 5.74) is 4.99. The van der Waals surface area contributed by atoms with E-state index in [1.807, 2.05) is 48.7 Å². The van der Waals surface area contributed by atoms with E-state index in [9.17, 15) is 13.2 Å². The molecule has 5 nitrogen and oxygen atoms in total. The van der Waals surface area contributed by atoms with Crippen LogP contribution in [-0.2, 0) is 6.18 Å². The number of anilines is 2. The maximum Gasteiger partial charge on any atom is 0.416 e. The number of nitrogens with one attached hydrogen (secondary N) is 1. The molecular formula is C34H35ClF3N5S. The van der Waals surface area contributed by atoms with E-state index < -0.39 is 11.7 Å². The van der Waals surface area contributed by atoms with Gasteiger partial charge in [0.2, 0.25) is 0 Å². The minimum absolute atomic E-state index is 0.304. The summed E-state index contributed by atoms with van der Waals surface area (Å²) in [5, 5.41) is 4.66. The van der Waals surface area contributed by atoms with E-state index in [2.05, 4.69) is 46.1 Å². The number of hydrogen-bond acceptors (Lipinski definition) is 3. The fourth-order valence-electron chi connectivity index (χ4n) is 7.02. The van der Waals surface area contributed by atoms with Gasteiger partial charge >= 0.3 is 6.18 Å². The minimum atomic E-state index is -4.44. The highest BCUT2D eigenvalue weighted by atomic mass is 35.5. The van der Waals surface area contributed by atoms with E-state index in [0.717, 1.165) is 53.2 Å². The van der Waals surface area contributed by atoms with Crippen molar-refractivity contribution in [1.82, 2.24) is 14.9 Å². The van der Waals surface area contributed by atoms with Crippen LogP contribution in [0, 0.1) is 25.7 Å². The van der Waals surface area contributed by atoms with Crippen molar-refractivity contribution in [3.63, 3.8) is 0 Å². The summed E-state index contributed by atoms with van der Waals surface area (Å²) in [7, 11) is 0. The van der Waals surface area contributed by atoms with Crippen LogP contribution in [0.25, 0.3) is 5.69 Å². The fraction of sp³-hybridized carbons (Fsp3) is 0.353. The molecule has 0 saturated carbocycles. The summed E-state index contributed by atoms with van der Waals surface area (Å²) in [4.78, 5) is 9.07. The Balaban J connectivity index is 1.44. The average molecular weight is 638 g/mol. The summed E-state index contributed by atoms with van der Waals surface area (Å²) in [6, 6.07) is 18.7. The number of pyridine rings is 1. The molecule has 0 aliphatic carbocycles. The third-order valence-corrected chi connectivity index (χ3v) is 9.35. The number of halogens is 4. The maximum atomic E-state index is 13.6. The lowest BCUT2D eigenvalue weighted by Crippen LogP contribution is -2.38. The smallest absolute Gasteiger partial charge is 0.370 e. The van der Waals surface area contributed by atoms with Gasteiger partial charge in [-0.25, -0.2) is 0 Å². The molecule has 6 rings (SSSR count). The van der Waals surface area contributed by atoms with E-state index in [-0.39, 0.29) is 12.1 Å². The average Bonchev–Trinajstić information content (AvgIpc) is 3.47. The van der Waals surface area contributed by atoms with Crippen molar-refractivity contribution >= 4 is 40.3 Å². The zero-order chi connectivity index (χ0) is 31.3. The molecule has 0 radical (unpaired) electrons. The molecule has 0 bridgehead atoms. The molecular weight excluding hydrogens is 603 g/mol. The van der Waals surface area contributed by atoms with Crippen LogP contribution in [0.15, 0.2) is 72.9 Å². The van der Waals surface area contributed by atoms with Crippen molar-refractivity contribution in [2.24, 2.45) is 11.8 Å². The van der Waals surface area contributed by atoms with Crippen LogP contribution in [0.2, 0.25) is 5.02 Å². The Kier molecular flexibility index (Phi) is 8.13. The van der Waals surface area contributed by atoms with Crippen LogP contribution in [-0.4, -0.2) is 27.8 Å². The number of aromatic nitrogens is 2. The number of rotatable bonds is 5. The molecule has 0 amide bonds. The number of nitrogens with zero attached hydrogens (tertiary/aromatic N) is 4. The Hall–Kier alpha value is -3.56. The van der Waals surface area contributed by atoms with Gasteiger partial charge in [-0.15, -0.1) is 0 Å². The van der Waals surface area contributed by atoms with Crippen molar-refractivity contribution in [2.45, 2.75) is 52.4 Å². The van der Waals surface area contributed by atoms with Gasteiger partial charge in [-0.3, -0.25) is 4.98 Å². The highest BCUT2D eigenvalue weighted by molar-refractivity contribution is 7.80. The van der Waals surface area contributed by atoms with Crippen molar-refractivity contribution in [1.29, 1.82) is 0 Å². The first-order valence-corrected chi connectivity index (χ1v) is 15.6. The van der Waals surface area contributed by atoms with Crippen molar-refractivity contribution < 1.29 is 13.2 Å². The first-order chi connectivity index (χ1) is 20.9. The highest BCUT2D eigenvalue weighted by Crippen LogP contribution is 2.45. The summed E-state index contributed by atoms with van der Waals surface area (Å²) in [5.74, 6) is 1.17. The molecule has 4 unspecified atom stereocenters. The van der Waals surface area contributed by atoms with Crippen molar-refractivity contribution in [3.8, 4) is 5.69 Å². The SMILES string of the molecule is Cc1cc(C2C(c3ccccn3)NC(=S)N2c2ccc(N3CC(C)CC(C)C3)c(Cl)c2)c(C)n1-c1cccc(C(F)(F)F)c1. The molecule has 4 heterocycles. The van der Waals surface area contributed by atoms with Gasteiger partial charge in [0.1, 0.15) is 0 Å². The van der Waals surface area contributed by atoms with Gasteiger partial charge in [0.15, 0.2) is 5.11 Å². The van der Waals surface area contributed by atoms with Crippen LogP contribution < -0.4 is 15.1 Å². The first-order valence-electron chi connectivity index (χ1n) is 14.8. The maximum absolute atomic E-state index is 13.6. The molecule has 4 atom stereocenters. The summed E-state index contributed by atoms with van der Waals surface area (Å²) < 4.78 is 42.7. The quantitative estimate of drug-likeness (QED) is 0.221. The lowest BCUT2D eigenvalue weighted by molar-refractivity contribution is -0.137. The topological polar surface area (TPSA) is 36.3 Å². The number of hydrogen-bond donors (Lipinski definition) is 1. The third-order valence-electron chi connectivity index (χ3n) is 8.74. The lowest BCUT2D eigenvalue weighted by atomic mass is 9.91. The second-order valence-electron chi connectivity index (χ2n) is 12.2. The van der Waals surface area contributed by atoms with E-state index in [1.165, 1.54) is 18.6 Å². The van der Waals surface area contributed by atoms with Gasteiger partial charge in [0, 0.05) is 42.0 Å². The molecule has 230 valence electrons. The van der Waals surface area contributed by atoms with Gasteiger partial charge < -0.3 is 19.7 Å². The van der Waals surface area contributed by atoms with Crippen LogP contribution in [0.1, 0.15) is 60.6 Å². The molecule has 4 aromatic rings. The Morgan fingerprint density at radius 3 is 2.34 bits per heavy atom. The Morgan fingerprint density at radius 1 is 0.932 bits per heavy atom. The standard InChI is InChI=1S/C34H35ClF3N5S/c1-20-14-21(2)19-41(18-20)30-12-11-26(17-28(30)35)43-32(31(40-33(43)44)29-10-5-6-13-39-29)27-15-22(3)42(23(27)4)25-9-7-8-24(16-25)34(36,37)38/h5-13,15-17,20-21,31-32H,14,18-19H2,1-4H3,(H,40,44). The molecule has 44 heavy (non-hydrogen) atoms. The van der Waals surface area contributed by atoms with Crippen LogP contribution in [0.5, 0.6) is 0 Å². The molecule has 2 aromatic heterocycles.